The fraction of sp³-hybridized carbons (Fsp3) is 0. The molecule has 0 spiro atoms. The van der Waals surface area contributed by atoms with Gasteiger partial charge in [0.25, 0.3) is 12.3 Å². The largest absolute Gasteiger partial charge is 0.311 e. The fourth-order valence-corrected chi connectivity index (χ4v) is 8.61. The first-order valence-electron chi connectivity index (χ1n) is 16.5. The topological polar surface area (TPSA) is 28.5 Å². The molecule has 0 unspecified atom stereocenters. The summed E-state index contributed by atoms with van der Waals surface area (Å²) in [6.45, 7) is -0.0507. The van der Waals surface area contributed by atoms with Crippen molar-refractivity contribution in [1.82, 2.24) is 4.57 Å². The maximum absolute atomic E-state index is 14.7. The van der Waals surface area contributed by atoms with Gasteiger partial charge in [-0.25, -0.2) is 0 Å². The zero-order chi connectivity index (χ0) is 31.5. The van der Waals surface area contributed by atoms with E-state index in [0.717, 1.165) is 67.1 Å². The summed E-state index contributed by atoms with van der Waals surface area (Å²) in [7, 11) is 0. The molecule has 222 valence electrons. The minimum Gasteiger partial charge on any atom is -0.311 e. The van der Waals surface area contributed by atoms with E-state index in [4.69, 9.17) is 0 Å². The number of para-hydroxylation sites is 2. The highest BCUT2D eigenvalue weighted by molar-refractivity contribution is 7.02. The Labute approximate surface area is 277 Å². The first kappa shape index (κ1) is 25.8. The van der Waals surface area contributed by atoms with Gasteiger partial charge in [0.15, 0.2) is 0 Å². The Morgan fingerprint density at radius 1 is 0.396 bits per heavy atom. The van der Waals surface area contributed by atoms with E-state index in [1.165, 1.54) is 22.0 Å². The molecule has 48 heavy (non-hydrogen) atoms. The fourth-order valence-electron chi connectivity index (χ4n) is 8.61. The van der Waals surface area contributed by atoms with Gasteiger partial charge < -0.3 is 9.80 Å². The summed E-state index contributed by atoms with van der Waals surface area (Å²) in [6, 6.07) is 55.7. The summed E-state index contributed by atoms with van der Waals surface area (Å²) in [5.74, 6) is 0. The molecule has 8 aromatic rings. The lowest BCUT2D eigenvalue weighted by atomic mass is 9.32. The Morgan fingerprint density at radius 3 is 1.60 bits per heavy atom. The van der Waals surface area contributed by atoms with E-state index in [2.05, 4.69) is 149 Å². The molecule has 3 aliphatic rings. The van der Waals surface area contributed by atoms with Crippen molar-refractivity contribution in [3.8, 4) is 16.8 Å². The van der Waals surface area contributed by atoms with E-state index < -0.39 is 0 Å². The summed E-state index contributed by atoms with van der Waals surface area (Å²) in [6.07, 6.45) is 0. The van der Waals surface area contributed by atoms with Crippen LogP contribution in [0.25, 0.3) is 38.5 Å². The predicted octanol–water partition coefficient (Wildman–Crippen LogP) is 8.21. The van der Waals surface area contributed by atoms with Crippen molar-refractivity contribution in [3.63, 3.8) is 0 Å². The Kier molecular flexibility index (Phi) is 5.04. The van der Waals surface area contributed by atoms with E-state index in [0.29, 0.717) is 0 Å². The predicted molar refractivity (Wildman–Crippen MR) is 200 cm³/mol. The summed E-state index contributed by atoms with van der Waals surface area (Å²) < 4.78 is 2.01. The highest BCUT2D eigenvalue weighted by atomic mass is 16.1. The van der Waals surface area contributed by atoms with Crippen LogP contribution in [0.3, 0.4) is 0 Å². The van der Waals surface area contributed by atoms with Crippen molar-refractivity contribution >= 4 is 78.9 Å². The Hall–Kier alpha value is -6.33. The molecule has 11 rings (SSSR count). The van der Waals surface area contributed by atoms with Crippen LogP contribution in [0, 0.1) is 0 Å². The number of aromatic nitrogens is 1. The summed E-state index contributed by atoms with van der Waals surface area (Å²) >= 11 is 0. The molecule has 0 aliphatic carbocycles. The third kappa shape index (κ3) is 3.22. The molecule has 1 aromatic heterocycles. The van der Waals surface area contributed by atoms with Crippen LogP contribution in [0.15, 0.2) is 163 Å². The molecular weight excluding hydrogens is 585 g/mol. The smallest absolute Gasteiger partial charge is 0.263 e. The lowest BCUT2D eigenvalue weighted by Crippen LogP contribution is -2.64. The average Bonchev–Trinajstić information content (AvgIpc) is 3.15. The molecule has 0 radical (unpaired) electrons. The molecule has 3 aliphatic heterocycles. The van der Waals surface area contributed by atoms with Gasteiger partial charge >= 0.3 is 0 Å². The van der Waals surface area contributed by atoms with Gasteiger partial charge in [-0.15, -0.1) is 0 Å². The highest BCUT2D eigenvalue weighted by Gasteiger charge is 2.48. The number of nitrogens with zero attached hydrogens (tertiary/aromatic N) is 3. The Bertz CT molecular complexity index is 2690. The zero-order valence-corrected chi connectivity index (χ0v) is 25.8. The van der Waals surface area contributed by atoms with Crippen molar-refractivity contribution in [2.75, 3.05) is 9.80 Å². The molecular formula is C43H26BN3O. The Balaban J connectivity index is 1.38. The lowest BCUT2D eigenvalue weighted by Gasteiger charge is -2.47. The molecule has 5 heteroatoms. The maximum atomic E-state index is 14.7. The average molecular weight is 612 g/mol. The number of rotatable bonds is 3. The molecule has 4 heterocycles. The van der Waals surface area contributed by atoms with Gasteiger partial charge in [-0.2, -0.15) is 0 Å². The van der Waals surface area contributed by atoms with Crippen LogP contribution < -0.4 is 31.7 Å². The monoisotopic (exact) mass is 611 g/mol. The van der Waals surface area contributed by atoms with Crippen LogP contribution in [0.5, 0.6) is 0 Å². The third-order valence-electron chi connectivity index (χ3n) is 10.5. The molecule has 0 atom stereocenters. The third-order valence-corrected chi connectivity index (χ3v) is 10.5. The van der Waals surface area contributed by atoms with Gasteiger partial charge in [-0.05, 0) is 93.6 Å². The molecule has 0 saturated carbocycles. The first-order valence-corrected chi connectivity index (χ1v) is 16.5. The standard InChI is InChI=1S/C43H26BN3O/c48-43-33-20-11-10-19-31(33)32-23-24-36-41-42(32)47(43)35-22-12-21-34-39(35)44(41)40-37(45(34)29-15-6-2-7-16-29)25-28(27-13-4-1-5-14-27)26-38(40)46(36)30-17-8-3-9-18-30/h1-26H. The van der Waals surface area contributed by atoms with Gasteiger partial charge in [-0.1, -0.05) is 97.1 Å². The van der Waals surface area contributed by atoms with Crippen LogP contribution in [0.2, 0.25) is 0 Å². The minimum absolute atomic E-state index is 0.0203. The summed E-state index contributed by atoms with van der Waals surface area (Å²) in [4.78, 5) is 19.5. The van der Waals surface area contributed by atoms with Crippen LogP contribution in [-0.4, -0.2) is 11.3 Å². The number of hydrogen-bond acceptors (Lipinski definition) is 3. The molecule has 0 saturated heterocycles. The zero-order valence-electron chi connectivity index (χ0n) is 25.8. The quantitative estimate of drug-likeness (QED) is 0.149. The van der Waals surface area contributed by atoms with Gasteiger partial charge in [0.2, 0.25) is 0 Å². The van der Waals surface area contributed by atoms with Crippen LogP contribution >= 0.6 is 0 Å². The number of benzene rings is 7. The molecule has 7 aromatic carbocycles. The molecule has 0 fully saturated rings. The molecule has 0 N–H and O–H groups in total. The van der Waals surface area contributed by atoms with Crippen LogP contribution in [-0.2, 0) is 0 Å². The number of hydrogen-bond donors (Lipinski definition) is 0. The molecule has 0 bridgehead atoms. The number of pyridine rings is 1. The van der Waals surface area contributed by atoms with Crippen LogP contribution in [0.4, 0.5) is 34.1 Å². The van der Waals surface area contributed by atoms with Gasteiger partial charge in [0, 0.05) is 50.6 Å². The second kappa shape index (κ2) is 9.37. The second-order valence-electron chi connectivity index (χ2n) is 12.9. The minimum atomic E-state index is -0.0507. The normalized spacial score (nSPS) is 13.4. The van der Waals surface area contributed by atoms with Crippen LogP contribution in [0.1, 0.15) is 0 Å². The number of anilines is 6. The van der Waals surface area contributed by atoms with Crippen molar-refractivity contribution in [2.45, 2.75) is 0 Å². The maximum Gasteiger partial charge on any atom is 0.263 e. The van der Waals surface area contributed by atoms with Gasteiger partial charge in [-0.3, -0.25) is 9.36 Å². The van der Waals surface area contributed by atoms with Gasteiger partial charge in [0.05, 0.1) is 5.52 Å². The number of fused-ring (bicyclic) bond motifs is 3. The molecule has 0 amide bonds. The second-order valence-corrected chi connectivity index (χ2v) is 12.9. The van der Waals surface area contributed by atoms with E-state index in [9.17, 15) is 4.79 Å². The summed E-state index contributed by atoms with van der Waals surface area (Å²) in [5, 5.41) is 2.83. The van der Waals surface area contributed by atoms with E-state index in [-0.39, 0.29) is 12.3 Å². The van der Waals surface area contributed by atoms with E-state index in [1.54, 1.807) is 0 Å². The van der Waals surface area contributed by atoms with Crippen molar-refractivity contribution in [2.24, 2.45) is 0 Å². The van der Waals surface area contributed by atoms with E-state index in [1.807, 2.05) is 22.8 Å². The summed E-state index contributed by atoms with van der Waals surface area (Å²) in [5.41, 5.74) is 14.6. The van der Waals surface area contributed by atoms with Crippen molar-refractivity contribution < 1.29 is 0 Å². The van der Waals surface area contributed by atoms with Gasteiger partial charge in [0.1, 0.15) is 0 Å². The lowest BCUT2D eigenvalue weighted by molar-refractivity contribution is 1.06. The first-order chi connectivity index (χ1) is 23.8. The highest BCUT2D eigenvalue weighted by Crippen LogP contribution is 2.48. The van der Waals surface area contributed by atoms with Crippen molar-refractivity contribution in [1.29, 1.82) is 0 Å². The molecule has 4 nitrogen and oxygen atoms in total. The Morgan fingerprint density at radius 2 is 0.938 bits per heavy atom. The SMILES string of the molecule is O=c1c2ccccc2c2ccc3c4c2n1-c1cccc2c1B4c1c(cc(-c4ccccc4)cc1N3c1ccccc1)N2c1ccccc1. The van der Waals surface area contributed by atoms with Crippen molar-refractivity contribution in [3.05, 3.63) is 168 Å². The van der Waals surface area contributed by atoms with E-state index >= 15 is 0 Å².